The van der Waals surface area contributed by atoms with Gasteiger partial charge in [-0.15, -0.1) is 0 Å². The summed E-state index contributed by atoms with van der Waals surface area (Å²) in [6.45, 7) is 0.112. The van der Waals surface area contributed by atoms with Crippen LogP contribution in [0.1, 0.15) is 21.5 Å². The minimum Gasteiger partial charge on any atom is -0.352 e. The second-order valence-corrected chi connectivity index (χ2v) is 4.82. The van der Waals surface area contributed by atoms with Crippen LogP contribution in [0.2, 0.25) is 0 Å². The Bertz CT molecular complexity index is 695. The zero-order valence-corrected chi connectivity index (χ0v) is 11.8. The molecule has 0 bridgehead atoms. The smallest absolute Gasteiger partial charge is 0.352 e. The Kier molecular flexibility index (Phi) is 4.98. The molecule has 2 aromatic rings. The Morgan fingerprint density at radius 3 is 2.22 bits per heavy atom. The third-order valence-electron chi connectivity index (χ3n) is 3.16. The fraction of sp³-hybridized carbons (Fsp3) is 0.188. The summed E-state index contributed by atoms with van der Waals surface area (Å²) < 4.78 is 63.4. The van der Waals surface area contributed by atoms with E-state index in [2.05, 4.69) is 5.32 Å². The van der Waals surface area contributed by atoms with Crippen LogP contribution in [0.5, 0.6) is 0 Å². The Hall–Kier alpha value is -2.44. The molecular weight excluding hydrogens is 317 g/mol. The van der Waals surface area contributed by atoms with E-state index < -0.39 is 29.3 Å². The van der Waals surface area contributed by atoms with Gasteiger partial charge in [0.1, 0.15) is 11.6 Å². The topological polar surface area (TPSA) is 29.1 Å². The summed E-state index contributed by atoms with van der Waals surface area (Å²) in [5.41, 5.74) is -0.449. The van der Waals surface area contributed by atoms with Gasteiger partial charge in [0.05, 0.1) is 11.1 Å². The van der Waals surface area contributed by atoms with Crippen molar-refractivity contribution in [3.05, 3.63) is 70.8 Å². The molecule has 1 amide bonds. The van der Waals surface area contributed by atoms with Crippen LogP contribution in [-0.2, 0) is 12.6 Å². The molecule has 0 saturated carbocycles. The van der Waals surface area contributed by atoms with Crippen molar-refractivity contribution in [2.75, 3.05) is 6.54 Å². The first-order chi connectivity index (χ1) is 10.8. The minimum absolute atomic E-state index is 0.112. The van der Waals surface area contributed by atoms with Crippen LogP contribution in [0, 0.1) is 11.6 Å². The van der Waals surface area contributed by atoms with Crippen LogP contribution in [0.25, 0.3) is 0 Å². The van der Waals surface area contributed by atoms with Gasteiger partial charge in [-0.25, -0.2) is 8.78 Å². The molecule has 2 nitrogen and oxygen atoms in total. The molecule has 1 N–H and O–H groups in total. The van der Waals surface area contributed by atoms with E-state index in [1.54, 1.807) is 0 Å². The highest BCUT2D eigenvalue weighted by Crippen LogP contribution is 2.29. The highest BCUT2D eigenvalue weighted by molar-refractivity contribution is 5.94. The monoisotopic (exact) mass is 329 g/mol. The summed E-state index contributed by atoms with van der Waals surface area (Å²) in [6.07, 6.45) is -4.11. The number of amides is 1. The number of nitrogens with one attached hydrogen (secondary N) is 1. The van der Waals surface area contributed by atoms with Gasteiger partial charge in [-0.2, -0.15) is 13.2 Å². The number of carbonyl (C=O) groups is 1. The number of benzene rings is 2. The Balaban J connectivity index is 1.90. The van der Waals surface area contributed by atoms with E-state index in [1.165, 1.54) is 12.1 Å². The maximum absolute atomic E-state index is 13.4. The van der Waals surface area contributed by atoms with Crippen LogP contribution < -0.4 is 5.32 Å². The number of halogens is 5. The average molecular weight is 329 g/mol. The fourth-order valence-corrected chi connectivity index (χ4v) is 1.95. The summed E-state index contributed by atoms with van der Waals surface area (Å²) in [4.78, 5) is 11.7. The molecular formula is C16H12F5NO. The molecule has 0 heterocycles. The predicted octanol–water partition coefficient (Wildman–Crippen LogP) is 3.96. The van der Waals surface area contributed by atoms with Crippen molar-refractivity contribution in [2.45, 2.75) is 12.6 Å². The number of hydrogen-bond donors (Lipinski definition) is 1. The lowest BCUT2D eigenvalue weighted by Crippen LogP contribution is -2.26. The normalized spacial score (nSPS) is 11.3. The van der Waals surface area contributed by atoms with Crippen molar-refractivity contribution >= 4 is 5.91 Å². The summed E-state index contributed by atoms with van der Waals surface area (Å²) in [5.74, 6) is -2.48. The Morgan fingerprint density at radius 1 is 1.00 bits per heavy atom. The van der Waals surface area contributed by atoms with E-state index >= 15 is 0 Å². The van der Waals surface area contributed by atoms with E-state index in [0.717, 1.165) is 24.3 Å². The average Bonchev–Trinajstić information content (AvgIpc) is 2.46. The summed E-state index contributed by atoms with van der Waals surface area (Å²) in [7, 11) is 0. The van der Waals surface area contributed by atoms with Gasteiger partial charge in [0.15, 0.2) is 0 Å². The lowest BCUT2D eigenvalue weighted by atomic mass is 10.1. The van der Waals surface area contributed by atoms with Crippen molar-refractivity contribution < 1.29 is 26.7 Å². The summed E-state index contributed by atoms with van der Waals surface area (Å²) >= 11 is 0. The molecule has 23 heavy (non-hydrogen) atoms. The zero-order chi connectivity index (χ0) is 17.0. The molecule has 0 spiro atoms. The standard InChI is InChI=1S/C16H12F5NO/c17-12-5-6-13(14(18)9-12)15(23)22-8-7-10-1-3-11(4-2-10)16(19,20)21/h1-6,9H,7-8H2,(H,22,23). The molecule has 0 unspecified atom stereocenters. The largest absolute Gasteiger partial charge is 0.416 e. The third kappa shape index (κ3) is 4.51. The molecule has 0 fully saturated rings. The van der Waals surface area contributed by atoms with E-state index in [9.17, 15) is 26.7 Å². The van der Waals surface area contributed by atoms with Gasteiger partial charge in [-0.1, -0.05) is 12.1 Å². The fourth-order valence-electron chi connectivity index (χ4n) is 1.95. The summed E-state index contributed by atoms with van der Waals surface area (Å²) in [5, 5.41) is 2.43. The molecule has 0 radical (unpaired) electrons. The number of hydrogen-bond acceptors (Lipinski definition) is 1. The van der Waals surface area contributed by atoms with E-state index in [4.69, 9.17) is 0 Å². The van der Waals surface area contributed by atoms with Gasteiger partial charge in [0.2, 0.25) is 0 Å². The first-order valence-corrected chi connectivity index (χ1v) is 6.67. The van der Waals surface area contributed by atoms with Crippen LogP contribution in [0.4, 0.5) is 22.0 Å². The molecule has 0 aliphatic rings. The molecule has 122 valence electrons. The van der Waals surface area contributed by atoms with Gasteiger partial charge in [-0.05, 0) is 36.2 Å². The third-order valence-corrected chi connectivity index (χ3v) is 3.16. The lowest BCUT2D eigenvalue weighted by Gasteiger charge is -2.09. The molecule has 0 saturated heterocycles. The number of alkyl halides is 3. The Morgan fingerprint density at radius 2 is 1.65 bits per heavy atom. The quantitative estimate of drug-likeness (QED) is 0.846. The van der Waals surface area contributed by atoms with Crippen molar-refractivity contribution in [1.29, 1.82) is 0 Å². The number of carbonyl (C=O) groups excluding carboxylic acids is 1. The van der Waals surface area contributed by atoms with Crippen molar-refractivity contribution in [3.63, 3.8) is 0 Å². The van der Waals surface area contributed by atoms with Gasteiger partial charge in [0, 0.05) is 12.6 Å². The maximum atomic E-state index is 13.4. The molecule has 0 atom stereocenters. The highest BCUT2D eigenvalue weighted by Gasteiger charge is 2.29. The first kappa shape index (κ1) is 16.9. The predicted molar refractivity (Wildman–Crippen MR) is 73.8 cm³/mol. The molecule has 7 heteroatoms. The minimum atomic E-state index is -4.40. The van der Waals surface area contributed by atoms with E-state index in [1.807, 2.05) is 0 Å². The van der Waals surface area contributed by atoms with Crippen LogP contribution in [0.3, 0.4) is 0 Å². The second-order valence-electron chi connectivity index (χ2n) is 4.82. The van der Waals surface area contributed by atoms with Crippen molar-refractivity contribution in [1.82, 2.24) is 5.32 Å². The first-order valence-electron chi connectivity index (χ1n) is 6.67. The van der Waals surface area contributed by atoms with Crippen LogP contribution in [0.15, 0.2) is 42.5 Å². The molecule has 2 rings (SSSR count). The van der Waals surface area contributed by atoms with Gasteiger partial charge in [-0.3, -0.25) is 4.79 Å². The van der Waals surface area contributed by atoms with Crippen LogP contribution >= 0.6 is 0 Å². The molecule has 0 aliphatic carbocycles. The highest BCUT2D eigenvalue weighted by atomic mass is 19.4. The molecule has 2 aromatic carbocycles. The lowest BCUT2D eigenvalue weighted by molar-refractivity contribution is -0.137. The SMILES string of the molecule is O=C(NCCc1ccc(C(F)(F)F)cc1)c1ccc(F)cc1F. The molecule has 0 aromatic heterocycles. The molecule has 0 aliphatic heterocycles. The zero-order valence-electron chi connectivity index (χ0n) is 11.8. The summed E-state index contributed by atoms with van der Waals surface area (Å²) in [6, 6.07) is 7.13. The van der Waals surface area contributed by atoms with E-state index in [-0.39, 0.29) is 18.5 Å². The Labute approximate surface area is 128 Å². The van der Waals surface area contributed by atoms with Crippen molar-refractivity contribution in [3.8, 4) is 0 Å². The van der Waals surface area contributed by atoms with Crippen molar-refractivity contribution in [2.24, 2.45) is 0 Å². The second kappa shape index (κ2) is 6.76. The van der Waals surface area contributed by atoms with Crippen LogP contribution in [-0.4, -0.2) is 12.5 Å². The van der Waals surface area contributed by atoms with Gasteiger partial charge in [0.25, 0.3) is 5.91 Å². The van der Waals surface area contributed by atoms with Gasteiger partial charge < -0.3 is 5.32 Å². The number of rotatable bonds is 4. The maximum Gasteiger partial charge on any atom is 0.416 e. The van der Waals surface area contributed by atoms with Gasteiger partial charge >= 0.3 is 6.18 Å². The van der Waals surface area contributed by atoms with E-state index in [0.29, 0.717) is 11.6 Å².